The zero-order valence-corrected chi connectivity index (χ0v) is 16.1. The fourth-order valence-electron chi connectivity index (χ4n) is 2.74. The number of nitrogens with zero attached hydrogens (tertiary/aromatic N) is 5. The van der Waals surface area contributed by atoms with Gasteiger partial charge in [-0.3, -0.25) is 10.1 Å². The second-order valence-corrected chi connectivity index (χ2v) is 7.98. The van der Waals surface area contributed by atoms with E-state index in [9.17, 15) is 4.79 Å². The maximum atomic E-state index is 12.1. The first-order valence-electron chi connectivity index (χ1n) is 9.29. The van der Waals surface area contributed by atoms with Crippen LogP contribution >= 0.6 is 0 Å². The monoisotopic (exact) mass is 381 g/mol. The van der Waals surface area contributed by atoms with Crippen LogP contribution < -0.4 is 10.6 Å². The first kappa shape index (κ1) is 18.1. The largest absolute Gasteiger partial charge is 0.376 e. The van der Waals surface area contributed by atoms with Gasteiger partial charge in [-0.05, 0) is 47.5 Å². The minimum atomic E-state index is -0.210. The van der Waals surface area contributed by atoms with E-state index in [1.165, 1.54) is 0 Å². The lowest BCUT2D eigenvalue weighted by molar-refractivity contribution is -0.114. The molecule has 0 unspecified atom stereocenters. The Balaban J connectivity index is 1.33. The Morgan fingerprint density at radius 3 is 2.64 bits per heavy atom. The fourth-order valence-corrected chi connectivity index (χ4v) is 2.74. The van der Waals surface area contributed by atoms with Gasteiger partial charge in [0.25, 0.3) is 0 Å². The average molecular weight is 381 g/mol. The molecule has 2 aromatic heterocycles. The van der Waals surface area contributed by atoms with Gasteiger partial charge in [-0.15, -0.1) is 5.10 Å². The van der Waals surface area contributed by atoms with Crippen LogP contribution in [0.4, 0.5) is 11.6 Å². The van der Waals surface area contributed by atoms with Gasteiger partial charge in [0.1, 0.15) is 0 Å². The second-order valence-electron chi connectivity index (χ2n) is 7.98. The predicted octanol–water partition coefficient (Wildman–Crippen LogP) is 3.01. The smallest absolute Gasteiger partial charge is 0.246 e. The Bertz CT molecular complexity index is 965. The van der Waals surface area contributed by atoms with Gasteiger partial charge in [-0.2, -0.15) is 0 Å². The standard InChI is InChI=1S/C19H23N7O2/c1-19(2,3)15-10-17(28-23-15)21-16(27)11-20-13-6-4-12(5-7-13)18-22-24-25-26(18)14-8-9-14/h4-7,10,14,20H,8-9,11H2,1-3H3,(H,21,27). The molecule has 9 nitrogen and oxygen atoms in total. The van der Waals surface area contributed by atoms with E-state index in [-0.39, 0.29) is 17.9 Å². The minimum Gasteiger partial charge on any atom is -0.376 e. The molecule has 0 bridgehead atoms. The lowest BCUT2D eigenvalue weighted by atomic mass is 9.92. The van der Waals surface area contributed by atoms with Crippen LogP contribution in [-0.4, -0.2) is 37.8 Å². The number of rotatable bonds is 6. The number of anilines is 2. The highest BCUT2D eigenvalue weighted by molar-refractivity contribution is 5.92. The summed E-state index contributed by atoms with van der Waals surface area (Å²) in [7, 11) is 0. The minimum absolute atomic E-state index is 0.116. The van der Waals surface area contributed by atoms with Crippen LogP contribution in [-0.2, 0) is 10.2 Å². The fraction of sp³-hybridized carbons (Fsp3) is 0.421. The van der Waals surface area contributed by atoms with Crippen molar-refractivity contribution in [3.8, 4) is 11.4 Å². The SMILES string of the molecule is CC(C)(C)c1cc(NC(=O)CNc2ccc(-c3nnnn3C3CC3)cc2)on1. The van der Waals surface area contributed by atoms with E-state index in [0.717, 1.165) is 35.6 Å². The van der Waals surface area contributed by atoms with E-state index in [2.05, 4.69) is 31.3 Å². The van der Waals surface area contributed by atoms with Crippen LogP contribution in [0.1, 0.15) is 45.3 Å². The van der Waals surface area contributed by atoms with Crippen molar-refractivity contribution in [3.05, 3.63) is 36.0 Å². The molecule has 9 heteroatoms. The summed E-state index contributed by atoms with van der Waals surface area (Å²) in [6, 6.07) is 9.85. The Labute approximate surface area is 162 Å². The summed E-state index contributed by atoms with van der Waals surface area (Å²) in [5.74, 6) is 0.907. The van der Waals surface area contributed by atoms with Crippen LogP contribution in [0, 0.1) is 0 Å². The number of hydrogen-bond donors (Lipinski definition) is 2. The zero-order chi connectivity index (χ0) is 19.7. The van der Waals surface area contributed by atoms with E-state index in [1.807, 2.05) is 49.7 Å². The molecule has 1 amide bonds. The summed E-state index contributed by atoms with van der Waals surface area (Å²) in [4.78, 5) is 12.1. The Morgan fingerprint density at radius 2 is 2.00 bits per heavy atom. The first-order chi connectivity index (χ1) is 13.4. The molecule has 1 aliphatic carbocycles. The van der Waals surface area contributed by atoms with E-state index < -0.39 is 0 Å². The summed E-state index contributed by atoms with van der Waals surface area (Å²) in [6.45, 7) is 6.21. The van der Waals surface area contributed by atoms with E-state index in [4.69, 9.17) is 4.52 Å². The van der Waals surface area contributed by atoms with Gasteiger partial charge in [0.05, 0.1) is 18.3 Å². The van der Waals surface area contributed by atoms with Crippen molar-refractivity contribution >= 4 is 17.5 Å². The van der Waals surface area contributed by atoms with E-state index >= 15 is 0 Å². The lowest BCUT2D eigenvalue weighted by Gasteiger charge is -2.12. The number of tetrazole rings is 1. The van der Waals surface area contributed by atoms with E-state index in [0.29, 0.717) is 11.9 Å². The molecule has 1 fully saturated rings. The number of nitrogens with one attached hydrogen (secondary N) is 2. The molecule has 2 heterocycles. The number of carbonyl (C=O) groups is 1. The second kappa shape index (κ2) is 7.06. The zero-order valence-electron chi connectivity index (χ0n) is 16.1. The molecule has 3 aromatic rings. The third-order valence-corrected chi connectivity index (χ3v) is 4.52. The summed E-state index contributed by atoms with van der Waals surface area (Å²) < 4.78 is 7.05. The summed E-state index contributed by atoms with van der Waals surface area (Å²) in [6.07, 6.45) is 2.24. The highest BCUT2D eigenvalue weighted by Crippen LogP contribution is 2.36. The van der Waals surface area contributed by atoms with Crippen molar-refractivity contribution in [3.63, 3.8) is 0 Å². The summed E-state index contributed by atoms with van der Waals surface area (Å²) in [5, 5.41) is 21.7. The van der Waals surface area contributed by atoms with Crippen LogP contribution in [0.25, 0.3) is 11.4 Å². The Kier molecular flexibility index (Phi) is 4.58. The van der Waals surface area contributed by atoms with Crippen molar-refractivity contribution in [2.45, 2.75) is 45.1 Å². The number of aromatic nitrogens is 5. The van der Waals surface area contributed by atoms with Gasteiger partial charge in [0.2, 0.25) is 11.8 Å². The van der Waals surface area contributed by atoms with Crippen molar-refractivity contribution < 1.29 is 9.32 Å². The first-order valence-corrected chi connectivity index (χ1v) is 9.29. The number of hydrogen-bond acceptors (Lipinski definition) is 7. The van der Waals surface area contributed by atoms with Crippen molar-refractivity contribution in [2.24, 2.45) is 0 Å². The van der Waals surface area contributed by atoms with Gasteiger partial charge < -0.3 is 9.84 Å². The lowest BCUT2D eigenvalue weighted by Crippen LogP contribution is -2.21. The molecule has 0 spiro atoms. The van der Waals surface area contributed by atoms with Crippen molar-refractivity contribution in [2.75, 3.05) is 17.2 Å². The Morgan fingerprint density at radius 1 is 1.25 bits per heavy atom. The molecule has 146 valence electrons. The molecule has 28 heavy (non-hydrogen) atoms. The van der Waals surface area contributed by atoms with Crippen LogP contribution in [0.5, 0.6) is 0 Å². The normalized spacial score (nSPS) is 14.1. The molecule has 0 atom stereocenters. The maximum Gasteiger partial charge on any atom is 0.246 e. The highest BCUT2D eigenvalue weighted by atomic mass is 16.5. The molecule has 0 aliphatic heterocycles. The molecular formula is C19H23N7O2. The summed E-state index contributed by atoms with van der Waals surface area (Å²) >= 11 is 0. The molecule has 2 N–H and O–H groups in total. The number of carbonyl (C=O) groups excluding carboxylic acids is 1. The molecule has 1 saturated carbocycles. The predicted molar refractivity (Wildman–Crippen MR) is 104 cm³/mol. The topological polar surface area (TPSA) is 111 Å². The molecule has 4 rings (SSSR count). The average Bonchev–Trinajstić information content (AvgIpc) is 3.18. The van der Waals surface area contributed by atoms with Gasteiger partial charge in [-0.1, -0.05) is 25.9 Å². The molecular weight excluding hydrogens is 358 g/mol. The molecule has 1 aromatic carbocycles. The Hall–Kier alpha value is -3.23. The number of benzene rings is 1. The van der Waals surface area contributed by atoms with Crippen molar-refractivity contribution in [1.29, 1.82) is 0 Å². The maximum absolute atomic E-state index is 12.1. The van der Waals surface area contributed by atoms with Gasteiger partial charge in [0, 0.05) is 22.7 Å². The third kappa shape index (κ3) is 4.03. The van der Waals surface area contributed by atoms with Crippen LogP contribution in [0.3, 0.4) is 0 Å². The van der Waals surface area contributed by atoms with Crippen LogP contribution in [0.2, 0.25) is 0 Å². The van der Waals surface area contributed by atoms with Gasteiger partial charge in [-0.25, -0.2) is 4.68 Å². The molecule has 0 radical (unpaired) electrons. The van der Waals surface area contributed by atoms with Crippen molar-refractivity contribution in [1.82, 2.24) is 25.4 Å². The number of amides is 1. The quantitative estimate of drug-likeness (QED) is 0.675. The van der Waals surface area contributed by atoms with Gasteiger partial charge in [0.15, 0.2) is 5.82 Å². The van der Waals surface area contributed by atoms with Crippen LogP contribution in [0.15, 0.2) is 34.9 Å². The highest BCUT2D eigenvalue weighted by Gasteiger charge is 2.28. The third-order valence-electron chi connectivity index (χ3n) is 4.52. The van der Waals surface area contributed by atoms with E-state index in [1.54, 1.807) is 6.07 Å². The molecule has 1 aliphatic rings. The summed E-state index contributed by atoms with van der Waals surface area (Å²) in [5.41, 5.74) is 2.44. The van der Waals surface area contributed by atoms with Gasteiger partial charge >= 0.3 is 0 Å². The molecule has 0 saturated heterocycles.